The molecule has 0 radical (unpaired) electrons. The topological polar surface area (TPSA) is 47.6 Å². The van der Waals surface area contributed by atoms with Crippen molar-refractivity contribution in [2.75, 3.05) is 19.0 Å². The Labute approximate surface area is 81.8 Å². The van der Waals surface area contributed by atoms with Crippen molar-refractivity contribution in [2.24, 2.45) is 0 Å². The third-order valence-corrected chi connectivity index (χ3v) is 2.12. The van der Waals surface area contributed by atoms with Crippen molar-refractivity contribution in [3.05, 3.63) is 23.8 Å². The molecule has 14 heavy (non-hydrogen) atoms. The number of esters is 1. The van der Waals surface area contributed by atoms with Gasteiger partial charge in [0.05, 0.1) is 7.11 Å². The van der Waals surface area contributed by atoms with Gasteiger partial charge in [-0.25, -0.2) is 0 Å². The molecule has 1 aliphatic heterocycles. The molecule has 1 aromatic rings. The number of cyclic esters (lactones) is 1. The van der Waals surface area contributed by atoms with Gasteiger partial charge in [-0.15, -0.1) is 0 Å². The van der Waals surface area contributed by atoms with Gasteiger partial charge in [0.15, 0.2) is 0 Å². The van der Waals surface area contributed by atoms with Gasteiger partial charge in [0.25, 0.3) is 0 Å². The first-order chi connectivity index (χ1) is 6.79. The molecule has 4 nitrogen and oxygen atoms in total. The fraction of sp³-hybridized carbons (Fsp3) is 0.300. The van der Waals surface area contributed by atoms with E-state index in [-0.39, 0.29) is 12.5 Å². The number of anilines is 1. The summed E-state index contributed by atoms with van der Waals surface area (Å²) < 4.78 is 10.1. The highest BCUT2D eigenvalue weighted by molar-refractivity contribution is 5.77. The summed E-state index contributed by atoms with van der Waals surface area (Å²) in [5, 5.41) is 3.00. The largest absolute Gasteiger partial charge is 0.497 e. The number of carbonyl (C=O) groups excluding carboxylic acids is 1. The van der Waals surface area contributed by atoms with Crippen LogP contribution >= 0.6 is 0 Å². The molecule has 0 aromatic heterocycles. The van der Waals surface area contributed by atoms with Gasteiger partial charge in [-0.3, -0.25) is 4.79 Å². The van der Waals surface area contributed by atoms with Crippen molar-refractivity contribution >= 4 is 11.7 Å². The lowest BCUT2D eigenvalue weighted by Gasteiger charge is -2.07. The van der Waals surface area contributed by atoms with Crippen molar-refractivity contribution in [2.45, 2.75) is 6.61 Å². The number of fused-ring (bicyclic) bond motifs is 1. The van der Waals surface area contributed by atoms with Crippen molar-refractivity contribution in [1.29, 1.82) is 0 Å². The fourth-order valence-corrected chi connectivity index (χ4v) is 1.37. The summed E-state index contributed by atoms with van der Waals surface area (Å²) in [6.45, 7) is 0.525. The lowest BCUT2D eigenvalue weighted by atomic mass is 10.2. The molecular formula is C10H11NO3. The van der Waals surface area contributed by atoms with E-state index in [9.17, 15) is 4.79 Å². The molecule has 0 saturated heterocycles. The molecule has 1 N–H and O–H groups in total. The van der Waals surface area contributed by atoms with E-state index in [0.717, 1.165) is 17.0 Å². The van der Waals surface area contributed by atoms with E-state index in [0.29, 0.717) is 6.61 Å². The second-order valence-electron chi connectivity index (χ2n) is 3.04. The highest BCUT2D eigenvalue weighted by Crippen LogP contribution is 2.24. The van der Waals surface area contributed by atoms with Crippen LogP contribution in [0.4, 0.5) is 5.69 Å². The summed E-state index contributed by atoms with van der Waals surface area (Å²) in [5.41, 5.74) is 1.87. The van der Waals surface area contributed by atoms with Gasteiger partial charge in [0.1, 0.15) is 18.9 Å². The molecule has 4 heteroatoms. The Morgan fingerprint density at radius 2 is 2.36 bits per heavy atom. The lowest BCUT2D eigenvalue weighted by Crippen LogP contribution is -2.12. The van der Waals surface area contributed by atoms with Crippen LogP contribution in [0.5, 0.6) is 5.75 Å². The summed E-state index contributed by atoms with van der Waals surface area (Å²) in [7, 11) is 1.61. The molecule has 0 spiro atoms. The molecule has 0 saturated carbocycles. The normalized spacial score (nSPS) is 14.8. The molecule has 1 aromatic carbocycles. The zero-order valence-electron chi connectivity index (χ0n) is 7.87. The van der Waals surface area contributed by atoms with Crippen LogP contribution in [-0.2, 0) is 16.1 Å². The molecule has 0 amide bonds. The van der Waals surface area contributed by atoms with Crippen molar-refractivity contribution < 1.29 is 14.3 Å². The van der Waals surface area contributed by atoms with Gasteiger partial charge in [0, 0.05) is 11.3 Å². The van der Waals surface area contributed by atoms with E-state index < -0.39 is 0 Å². The molecule has 74 valence electrons. The third kappa shape index (κ3) is 1.64. The van der Waals surface area contributed by atoms with Crippen LogP contribution in [0.1, 0.15) is 5.56 Å². The van der Waals surface area contributed by atoms with Crippen LogP contribution in [0.15, 0.2) is 18.2 Å². The minimum Gasteiger partial charge on any atom is -0.497 e. The molecule has 2 rings (SSSR count). The highest BCUT2D eigenvalue weighted by atomic mass is 16.5. The number of nitrogens with one attached hydrogen (secondary N) is 1. The standard InChI is InChI=1S/C10H11NO3/c1-13-8-2-3-9-7(4-8)6-14-10(12)5-11-9/h2-4,11H,5-6H2,1H3. The number of hydrogen-bond donors (Lipinski definition) is 1. The number of hydrogen-bond acceptors (Lipinski definition) is 4. The first-order valence-corrected chi connectivity index (χ1v) is 4.36. The summed E-state index contributed by atoms with van der Waals surface area (Å²) >= 11 is 0. The first kappa shape index (κ1) is 8.87. The van der Waals surface area contributed by atoms with Crippen LogP contribution in [0.25, 0.3) is 0 Å². The van der Waals surface area contributed by atoms with Crippen LogP contribution in [0, 0.1) is 0 Å². The first-order valence-electron chi connectivity index (χ1n) is 4.36. The monoisotopic (exact) mass is 193 g/mol. The molecular weight excluding hydrogens is 182 g/mol. The SMILES string of the molecule is COc1ccc2c(c1)COC(=O)CN2. The molecule has 0 fully saturated rings. The lowest BCUT2D eigenvalue weighted by molar-refractivity contribution is -0.142. The Morgan fingerprint density at radius 1 is 1.50 bits per heavy atom. The minimum absolute atomic E-state index is 0.222. The smallest absolute Gasteiger partial charge is 0.325 e. The third-order valence-electron chi connectivity index (χ3n) is 2.12. The van der Waals surface area contributed by atoms with E-state index in [1.54, 1.807) is 7.11 Å². The van der Waals surface area contributed by atoms with E-state index >= 15 is 0 Å². The maximum atomic E-state index is 11.0. The zero-order chi connectivity index (χ0) is 9.97. The zero-order valence-corrected chi connectivity index (χ0v) is 7.87. The van der Waals surface area contributed by atoms with E-state index in [4.69, 9.17) is 9.47 Å². The Kier molecular flexibility index (Phi) is 2.26. The fourth-order valence-electron chi connectivity index (χ4n) is 1.37. The second-order valence-corrected chi connectivity index (χ2v) is 3.04. The van der Waals surface area contributed by atoms with Crippen LogP contribution in [-0.4, -0.2) is 19.6 Å². The summed E-state index contributed by atoms with van der Waals surface area (Å²) in [6, 6.07) is 5.60. The molecule has 0 unspecified atom stereocenters. The van der Waals surface area contributed by atoms with Crippen LogP contribution in [0.2, 0.25) is 0 Å². The summed E-state index contributed by atoms with van der Waals surface area (Å²) in [4.78, 5) is 11.0. The van der Waals surface area contributed by atoms with Crippen molar-refractivity contribution in [3.8, 4) is 5.75 Å². The van der Waals surface area contributed by atoms with E-state index in [1.807, 2.05) is 18.2 Å². The Hall–Kier alpha value is -1.71. The second kappa shape index (κ2) is 3.57. The number of methoxy groups -OCH3 is 1. The average molecular weight is 193 g/mol. The molecule has 0 bridgehead atoms. The molecule has 0 aliphatic carbocycles. The summed E-state index contributed by atoms with van der Waals surface area (Å²) in [6.07, 6.45) is 0. The summed E-state index contributed by atoms with van der Waals surface area (Å²) in [5.74, 6) is 0.531. The van der Waals surface area contributed by atoms with Gasteiger partial charge in [-0.05, 0) is 18.2 Å². The van der Waals surface area contributed by atoms with Crippen LogP contribution < -0.4 is 10.1 Å². The molecule has 1 aliphatic rings. The Bertz CT molecular complexity index is 362. The minimum atomic E-state index is -0.236. The highest BCUT2D eigenvalue weighted by Gasteiger charge is 2.13. The predicted molar refractivity (Wildman–Crippen MR) is 51.3 cm³/mol. The van der Waals surface area contributed by atoms with Gasteiger partial charge in [-0.1, -0.05) is 0 Å². The van der Waals surface area contributed by atoms with Gasteiger partial charge < -0.3 is 14.8 Å². The van der Waals surface area contributed by atoms with Gasteiger partial charge in [-0.2, -0.15) is 0 Å². The van der Waals surface area contributed by atoms with Crippen molar-refractivity contribution in [3.63, 3.8) is 0 Å². The van der Waals surface area contributed by atoms with Crippen LogP contribution in [0.3, 0.4) is 0 Å². The number of ether oxygens (including phenoxy) is 2. The quantitative estimate of drug-likeness (QED) is 0.680. The Morgan fingerprint density at radius 3 is 3.14 bits per heavy atom. The molecule has 1 heterocycles. The van der Waals surface area contributed by atoms with Gasteiger partial charge >= 0.3 is 5.97 Å². The number of carbonyl (C=O) groups is 1. The Balaban J connectivity index is 2.31. The molecule has 0 atom stereocenters. The van der Waals surface area contributed by atoms with E-state index in [1.165, 1.54) is 0 Å². The maximum absolute atomic E-state index is 11.0. The average Bonchev–Trinajstić information content (AvgIpc) is 2.40. The van der Waals surface area contributed by atoms with E-state index in [2.05, 4.69) is 5.32 Å². The number of benzene rings is 1. The van der Waals surface area contributed by atoms with Gasteiger partial charge in [0.2, 0.25) is 0 Å². The maximum Gasteiger partial charge on any atom is 0.325 e. The number of rotatable bonds is 1. The van der Waals surface area contributed by atoms with Crippen molar-refractivity contribution in [1.82, 2.24) is 0 Å². The predicted octanol–water partition coefficient (Wildman–Crippen LogP) is 1.16.